The van der Waals surface area contributed by atoms with Crippen molar-refractivity contribution in [1.82, 2.24) is 15.3 Å². The summed E-state index contributed by atoms with van der Waals surface area (Å²) in [6, 6.07) is 5.56. The third-order valence-electron chi connectivity index (χ3n) is 4.26. The van der Waals surface area contributed by atoms with Gasteiger partial charge in [-0.1, -0.05) is 6.07 Å². The largest absolute Gasteiger partial charge is 0.493 e. The van der Waals surface area contributed by atoms with Gasteiger partial charge in [-0.15, -0.1) is 0 Å². The van der Waals surface area contributed by atoms with Gasteiger partial charge in [-0.05, 0) is 62.4 Å². The van der Waals surface area contributed by atoms with E-state index < -0.39 is 0 Å². The van der Waals surface area contributed by atoms with Crippen molar-refractivity contribution in [3.8, 4) is 5.75 Å². The molecule has 1 amide bonds. The standard InChI is InChI=1S/C19H24N4O2/c1-13-6-7-15(17(10-13)25-9-3-8-20)19(24)22-12-18-21-11-14-4-2-5-16(14)23-18/h6-7,10-11H,2-5,8-9,12,20H2,1H3,(H,22,24). The molecule has 0 atom stereocenters. The lowest BCUT2D eigenvalue weighted by Crippen LogP contribution is -2.25. The van der Waals surface area contributed by atoms with Gasteiger partial charge in [-0.2, -0.15) is 0 Å². The van der Waals surface area contributed by atoms with Gasteiger partial charge < -0.3 is 15.8 Å². The highest BCUT2D eigenvalue weighted by molar-refractivity contribution is 5.96. The van der Waals surface area contributed by atoms with Crippen molar-refractivity contribution in [2.24, 2.45) is 5.73 Å². The number of nitrogens with two attached hydrogens (primary N) is 1. The van der Waals surface area contributed by atoms with Crippen molar-refractivity contribution < 1.29 is 9.53 Å². The summed E-state index contributed by atoms with van der Waals surface area (Å²) in [6.07, 6.45) is 5.81. The van der Waals surface area contributed by atoms with E-state index in [2.05, 4.69) is 15.3 Å². The number of amides is 1. The molecule has 0 unspecified atom stereocenters. The smallest absolute Gasteiger partial charge is 0.255 e. The van der Waals surface area contributed by atoms with Gasteiger partial charge in [0.15, 0.2) is 0 Å². The van der Waals surface area contributed by atoms with Crippen LogP contribution in [-0.4, -0.2) is 29.0 Å². The van der Waals surface area contributed by atoms with Gasteiger partial charge in [0.05, 0.1) is 18.7 Å². The first kappa shape index (κ1) is 17.4. The van der Waals surface area contributed by atoms with Crippen molar-refractivity contribution in [2.45, 2.75) is 39.2 Å². The number of aryl methyl sites for hydroxylation is 3. The van der Waals surface area contributed by atoms with Crippen LogP contribution in [0.1, 0.15) is 45.8 Å². The number of carbonyl (C=O) groups excluding carboxylic acids is 1. The molecule has 25 heavy (non-hydrogen) atoms. The molecule has 0 saturated heterocycles. The monoisotopic (exact) mass is 340 g/mol. The van der Waals surface area contributed by atoms with Gasteiger partial charge in [-0.3, -0.25) is 4.79 Å². The molecule has 3 N–H and O–H groups in total. The Kier molecular flexibility index (Phi) is 5.60. The molecule has 3 rings (SSSR count). The van der Waals surface area contributed by atoms with Crippen molar-refractivity contribution in [3.63, 3.8) is 0 Å². The highest BCUT2D eigenvalue weighted by Gasteiger charge is 2.16. The van der Waals surface area contributed by atoms with Crippen LogP contribution in [0.15, 0.2) is 24.4 Å². The van der Waals surface area contributed by atoms with Gasteiger partial charge in [0.1, 0.15) is 11.6 Å². The molecule has 6 heteroatoms. The third kappa shape index (κ3) is 4.33. The first-order valence-corrected chi connectivity index (χ1v) is 8.73. The summed E-state index contributed by atoms with van der Waals surface area (Å²) in [7, 11) is 0. The predicted octanol–water partition coefficient (Wildman–Crippen LogP) is 1.93. The van der Waals surface area contributed by atoms with Gasteiger partial charge in [-0.25, -0.2) is 9.97 Å². The minimum absolute atomic E-state index is 0.188. The lowest BCUT2D eigenvalue weighted by Gasteiger charge is -2.12. The second-order valence-electron chi connectivity index (χ2n) is 6.28. The zero-order valence-corrected chi connectivity index (χ0v) is 14.5. The van der Waals surface area contributed by atoms with Crippen molar-refractivity contribution in [1.29, 1.82) is 0 Å². The maximum Gasteiger partial charge on any atom is 0.255 e. The van der Waals surface area contributed by atoms with Crippen LogP contribution in [-0.2, 0) is 19.4 Å². The van der Waals surface area contributed by atoms with Gasteiger partial charge >= 0.3 is 0 Å². The SMILES string of the molecule is Cc1ccc(C(=O)NCc2ncc3c(n2)CCC3)c(OCCCN)c1. The summed E-state index contributed by atoms with van der Waals surface area (Å²) in [4.78, 5) is 21.4. The van der Waals surface area contributed by atoms with E-state index >= 15 is 0 Å². The molecule has 1 aliphatic rings. The Bertz CT molecular complexity index is 761. The molecule has 0 aliphatic heterocycles. The second-order valence-corrected chi connectivity index (χ2v) is 6.28. The third-order valence-corrected chi connectivity index (χ3v) is 4.26. The maximum absolute atomic E-state index is 12.5. The fraction of sp³-hybridized carbons (Fsp3) is 0.421. The average molecular weight is 340 g/mol. The van der Waals surface area contributed by atoms with Crippen molar-refractivity contribution >= 4 is 5.91 Å². The number of benzene rings is 1. The lowest BCUT2D eigenvalue weighted by molar-refractivity contribution is 0.0945. The number of aromatic nitrogens is 2. The maximum atomic E-state index is 12.5. The molecule has 6 nitrogen and oxygen atoms in total. The Balaban J connectivity index is 1.66. The molecular formula is C19H24N4O2. The normalized spacial score (nSPS) is 12.7. The Morgan fingerprint density at radius 1 is 1.36 bits per heavy atom. The number of nitrogens with one attached hydrogen (secondary N) is 1. The average Bonchev–Trinajstić information content (AvgIpc) is 3.08. The van der Waals surface area contributed by atoms with Crippen LogP contribution >= 0.6 is 0 Å². The van der Waals surface area contributed by atoms with Crippen LogP contribution in [0.5, 0.6) is 5.75 Å². The van der Waals surface area contributed by atoms with E-state index in [9.17, 15) is 4.79 Å². The molecule has 1 aliphatic carbocycles. The quantitative estimate of drug-likeness (QED) is 0.752. The first-order chi connectivity index (χ1) is 12.2. The zero-order chi connectivity index (χ0) is 17.6. The van der Waals surface area contributed by atoms with Gasteiger partial charge in [0, 0.05) is 11.9 Å². The van der Waals surface area contributed by atoms with Crippen LogP contribution in [0.25, 0.3) is 0 Å². The van der Waals surface area contributed by atoms with E-state index in [1.165, 1.54) is 5.56 Å². The van der Waals surface area contributed by atoms with E-state index in [1.54, 1.807) is 6.07 Å². The summed E-state index contributed by atoms with van der Waals surface area (Å²) in [5, 5.41) is 2.89. The molecule has 0 fully saturated rings. The second kappa shape index (κ2) is 8.07. The number of fused-ring (bicyclic) bond motifs is 1. The number of carbonyl (C=O) groups is 1. The number of hydrogen-bond acceptors (Lipinski definition) is 5. The van der Waals surface area contributed by atoms with Crippen molar-refractivity contribution in [3.05, 3.63) is 52.6 Å². The molecule has 2 aromatic rings. The zero-order valence-electron chi connectivity index (χ0n) is 14.5. The molecule has 1 aromatic heterocycles. The summed E-state index contributed by atoms with van der Waals surface area (Å²) in [6.45, 7) is 3.33. The van der Waals surface area contributed by atoms with Crippen LogP contribution in [0.3, 0.4) is 0 Å². The number of nitrogens with zero attached hydrogens (tertiary/aromatic N) is 2. The minimum atomic E-state index is -0.188. The van der Waals surface area contributed by atoms with E-state index in [0.717, 1.165) is 36.9 Å². The molecule has 0 radical (unpaired) electrons. The molecular weight excluding hydrogens is 316 g/mol. The molecule has 1 aromatic carbocycles. The molecule has 1 heterocycles. The molecule has 132 valence electrons. The number of rotatable bonds is 7. The lowest BCUT2D eigenvalue weighted by atomic mass is 10.1. The fourth-order valence-electron chi connectivity index (χ4n) is 2.90. The topological polar surface area (TPSA) is 90.1 Å². The predicted molar refractivity (Wildman–Crippen MR) is 95.6 cm³/mol. The molecule has 0 saturated carbocycles. The Labute approximate surface area is 147 Å². The van der Waals surface area contributed by atoms with E-state index in [1.807, 2.05) is 25.3 Å². The van der Waals surface area contributed by atoms with Gasteiger partial charge in [0.25, 0.3) is 5.91 Å². The Hall–Kier alpha value is -2.47. The van der Waals surface area contributed by atoms with Gasteiger partial charge in [0.2, 0.25) is 0 Å². The molecule has 0 spiro atoms. The highest BCUT2D eigenvalue weighted by atomic mass is 16.5. The van der Waals surface area contributed by atoms with E-state index in [-0.39, 0.29) is 5.91 Å². The van der Waals surface area contributed by atoms with Crippen LogP contribution < -0.4 is 15.8 Å². The summed E-state index contributed by atoms with van der Waals surface area (Å²) in [5.74, 6) is 1.04. The van der Waals surface area contributed by atoms with Crippen LogP contribution in [0, 0.1) is 6.92 Å². The summed E-state index contributed by atoms with van der Waals surface area (Å²) < 4.78 is 5.72. The molecule has 0 bridgehead atoms. The summed E-state index contributed by atoms with van der Waals surface area (Å²) >= 11 is 0. The Morgan fingerprint density at radius 2 is 2.24 bits per heavy atom. The van der Waals surface area contributed by atoms with Crippen LogP contribution in [0.4, 0.5) is 0 Å². The van der Waals surface area contributed by atoms with Crippen LogP contribution in [0.2, 0.25) is 0 Å². The highest BCUT2D eigenvalue weighted by Crippen LogP contribution is 2.21. The van der Waals surface area contributed by atoms with E-state index in [4.69, 9.17) is 10.5 Å². The minimum Gasteiger partial charge on any atom is -0.493 e. The number of ether oxygens (including phenoxy) is 1. The van der Waals surface area contributed by atoms with Crippen molar-refractivity contribution in [2.75, 3.05) is 13.2 Å². The number of hydrogen-bond donors (Lipinski definition) is 2. The first-order valence-electron chi connectivity index (χ1n) is 8.73. The summed E-state index contributed by atoms with van der Waals surface area (Å²) in [5.41, 5.74) is 9.40. The Morgan fingerprint density at radius 3 is 3.08 bits per heavy atom. The van der Waals surface area contributed by atoms with E-state index in [0.29, 0.717) is 36.8 Å². The fourth-order valence-corrected chi connectivity index (χ4v) is 2.90.